The number of anilines is 3. The summed E-state index contributed by atoms with van der Waals surface area (Å²) in [6, 6.07) is 11.3. The molecule has 4 rings (SSSR count). The molecular weight excluding hydrogens is 440 g/mol. The predicted molar refractivity (Wildman–Crippen MR) is 132 cm³/mol. The van der Waals surface area contributed by atoms with Crippen molar-refractivity contribution in [3.63, 3.8) is 0 Å². The van der Waals surface area contributed by atoms with Crippen LogP contribution in [0.1, 0.15) is 24.3 Å². The number of carbonyl (C=O) groups is 1. The van der Waals surface area contributed by atoms with Crippen molar-refractivity contribution < 1.29 is 13.2 Å². The minimum absolute atomic E-state index is 0.0347. The number of amides is 1. The summed E-state index contributed by atoms with van der Waals surface area (Å²) in [6.45, 7) is 6.77. The number of nitrogens with one attached hydrogen (secondary N) is 2. The highest BCUT2D eigenvalue weighted by Gasteiger charge is 2.26. The standard InChI is InChI=1S/C23H30N6O3S/c1-16(2)25-19-6-5-9-24-22(19)28-10-12-29(13-11-28)23(30)21-15-17-14-18(26-33(4,31)32)7-8-20(17)27(21)3/h5-9,14-16,25-26H,10-13H2,1-4H3. The third kappa shape index (κ3) is 5.05. The van der Waals surface area contributed by atoms with Gasteiger partial charge in [0.15, 0.2) is 5.82 Å². The van der Waals surface area contributed by atoms with E-state index in [1.54, 1.807) is 18.3 Å². The molecule has 2 aromatic heterocycles. The van der Waals surface area contributed by atoms with Gasteiger partial charge in [0, 0.05) is 62.1 Å². The van der Waals surface area contributed by atoms with Gasteiger partial charge in [-0.2, -0.15) is 0 Å². The van der Waals surface area contributed by atoms with E-state index in [1.807, 2.05) is 40.8 Å². The molecule has 0 bridgehead atoms. The van der Waals surface area contributed by atoms with Gasteiger partial charge >= 0.3 is 0 Å². The molecule has 1 aromatic carbocycles. The highest BCUT2D eigenvalue weighted by Crippen LogP contribution is 2.27. The molecule has 0 unspecified atom stereocenters. The lowest BCUT2D eigenvalue weighted by Gasteiger charge is -2.36. The van der Waals surface area contributed by atoms with Gasteiger partial charge in [0.2, 0.25) is 10.0 Å². The molecule has 1 saturated heterocycles. The van der Waals surface area contributed by atoms with Gasteiger partial charge in [-0.25, -0.2) is 13.4 Å². The Morgan fingerprint density at radius 3 is 2.48 bits per heavy atom. The van der Waals surface area contributed by atoms with E-state index in [0.29, 0.717) is 43.6 Å². The van der Waals surface area contributed by atoms with Crippen LogP contribution in [0.3, 0.4) is 0 Å². The third-order valence-electron chi connectivity index (χ3n) is 5.66. The number of nitrogens with zero attached hydrogens (tertiary/aromatic N) is 4. The van der Waals surface area contributed by atoms with Crippen molar-refractivity contribution in [1.29, 1.82) is 0 Å². The van der Waals surface area contributed by atoms with E-state index in [9.17, 15) is 13.2 Å². The normalized spacial score (nSPS) is 14.7. The van der Waals surface area contributed by atoms with Gasteiger partial charge in [-0.1, -0.05) is 0 Å². The SMILES string of the molecule is CC(C)Nc1cccnc1N1CCN(C(=O)c2cc3cc(NS(C)(=O)=O)ccc3n2C)CC1. The summed E-state index contributed by atoms with van der Waals surface area (Å²) in [7, 11) is -1.51. The highest BCUT2D eigenvalue weighted by atomic mass is 32.2. The van der Waals surface area contributed by atoms with Crippen LogP contribution in [0.5, 0.6) is 0 Å². The number of aryl methyl sites for hydroxylation is 1. The van der Waals surface area contributed by atoms with E-state index >= 15 is 0 Å². The maximum atomic E-state index is 13.3. The minimum atomic E-state index is -3.37. The highest BCUT2D eigenvalue weighted by molar-refractivity contribution is 7.92. The lowest BCUT2D eigenvalue weighted by molar-refractivity contribution is 0.0737. The molecule has 3 aromatic rings. The molecule has 1 aliphatic rings. The summed E-state index contributed by atoms with van der Waals surface area (Å²) in [4.78, 5) is 21.9. The molecule has 0 radical (unpaired) electrons. The minimum Gasteiger partial charge on any atom is -0.380 e. The number of pyridine rings is 1. The van der Waals surface area contributed by atoms with Gasteiger partial charge in [-0.05, 0) is 50.2 Å². The monoisotopic (exact) mass is 470 g/mol. The summed E-state index contributed by atoms with van der Waals surface area (Å²) in [5.41, 5.74) is 2.92. The largest absolute Gasteiger partial charge is 0.380 e. The smallest absolute Gasteiger partial charge is 0.270 e. The van der Waals surface area contributed by atoms with Crippen LogP contribution in [-0.2, 0) is 17.1 Å². The Morgan fingerprint density at radius 1 is 1.09 bits per heavy atom. The first-order valence-corrected chi connectivity index (χ1v) is 12.8. The first kappa shape index (κ1) is 22.9. The van der Waals surface area contributed by atoms with Gasteiger partial charge in [0.05, 0.1) is 11.9 Å². The van der Waals surface area contributed by atoms with Gasteiger partial charge < -0.3 is 19.7 Å². The number of hydrogen-bond acceptors (Lipinski definition) is 6. The first-order valence-electron chi connectivity index (χ1n) is 11.0. The van der Waals surface area contributed by atoms with Gasteiger partial charge in [-0.3, -0.25) is 9.52 Å². The summed E-state index contributed by atoms with van der Waals surface area (Å²) in [5.74, 6) is 0.876. The van der Waals surface area contributed by atoms with Crippen LogP contribution in [0.4, 0.5) is 17.2 Å². The number of rotatable bonds is 6. The van der Waals surface area contributed by atoms with Crippen molar-refractivity contribution in [1.82, 2.24) is 14.5 Å². The number of benzene rings is 1. The molecule has 3 heterocycles. The summed E-state index contributed by atoms with van der Waals surface area (Å²) < 4.78 is 27.4. The molecule has 176 valence electrons. The average Bonchev–Trinajstić information content (AvgIpc) is 3.08. The van der Waals surface area contributed by atoms with Crippen molar-refractivity contribution in [3.05, 3.63) is 48.3 Å². The Bertz CT molecular complexity index is 1280. The van der Waals surface area contributed by atoms with Crippen molar-refractivity contribution in [2.75, 3.05) is 47.4 Å². The fraction of sp³-hybridized carbons (Fsp3) is 0.391. The number of carbonyl (C=O) groups excluding carboxylic acids is 1. The Kier molecular flexibility index (Phi) is 6.20. The first-order chi connectivity index (χ1) is 15.6. The van der Waals surface area contributed by atoms with Crippen molar-refractivity contribution in [3.8, 4) is 0 Å². The van der Waals surface area contributed by atoms with E-state index < -0.39 is 10.0 Å². The van der Waals surface area contributed by atoms with Crippen LogP contribution < -0.4 is 14.9 Å². The van der Waals surface area contributed by atoms with Gasteiger partial charge in [0.1, 0.15) is 5.69 Å². The van der Waals surface area contributed by atoms with Crippen LogP contribution in [0, 0.1) is 0 Å². The van der Waals surface area contributed by atoms with Gasteiger partial charge in [0.25, 0.3) is 5.91 Å². The number of fused-ring (bicyclic) bond motifs is 1. The molecule has 0 spiro atoms. The van der Waals surface area contributed by atoms with Crippen molar-refractivity contribution in [2.45, 2.75) is 19.9 Å². The van der Waals surface area contributed by atoms with Gasteiger partial charge in [-0.15, -0.1) is 0 Å². The average molecular weight is 471 g/mol. The molecule has 0 saturated carbocycles. The summed E-state index contributed by atoms with van der Waals surface area (Å²) >= 11 is 0. The third-order valence-corrected chi connectivity index (χ3v) is 6.27. The van der Waals surface area contributed by atoms with Crippen LogP contribution in [0.2, 0.25) is 0 Å². The molecule has 1 amide bonds. The van der Waals surface area contributed by atoms with E-state index in [0.717, 1.165) is 28.7 Å². The Balaban J connectivity index is 1.49. The maximum absolute atomic E-state index is 13.3. The molecule has 33 heavy (non-hydrogen) atoms. The zero-order valence-corrected chi connectivity index (χ0v) is 20.2. The molecule has 0 atom stereocenters. The van der Waals surface area contributed by atoms with E-state index in [2.05, 4.69) is 33.8 Å². The van der Waals surface area contributed by atoms with E-state index in [1.165, 1.54) is 0 Å². The molecule has 2 N–H and O–H groups in total. The lowest BCUT2D eigenvalue weighted by atomic mass is 10.2. The quantitative estimate of drug-likeness (QED) is 0.575. The second-order valence-corrected chi connectivity index (χ2v) is 10.4. The number of sulfonamides is 1. The summed E-state index contributed by atoms with van der Waals surface area (Å²) in [6.07, 6.45) is 2.91. The zero-order chi connectivity index (χ0) is 23.8. The Hall–Kier alpha value is -3.27. The predicted octanol–water partition coefficient (Wildman–Crippen LogP) is 2.73. The van der Waals surface area contributed by atoms with Crippen LogP contribution in [0.25, 0.3) is 10.9 Å². The molecule has 1 aliphatic heterocycles. The molecular formula is C23H30N6O3S. The van der Waals surface area contributed by atoms with E-state index in [-0.39, 0.29) is 5.91 Å². The van der Waals surface area contributed by atoms with Crippen LogP contribution in [0.15, 0.2) is 42.6 Å². The Morgan fingerprint density at radius 2 is 1.82 bits per heavy atom. The number of hydrogen-bond donors (Lipinski definition) is 2. The topological polar surface area (TPSA) is 99.6 Å². The van der Waals surface area contributed by atoms with Crippen molar-refractivity contribution >= 4 is 44.0 Å². The Labute approximate surface area is 194 Å². The van der Waals surface area contributed by atoms with E-state index in [4.69, 9.17) is 0 Å². The molecule has 9 nitrogen and oxygen atoms in total. The second-order valence-electron chi connectivity index (χ2n) is 8.69. The number of piperazine rings is 1. The maximum Gasteiger partial charge on any atom is 0.270 e. The zero-order valence-electron chi connectivity index (χ0n) is 19.4. The summed E-state index contributed by atoms with van der Waals surface area (Å²) in [5, 5.41) is 4.25. The van der Waals surface area contributed by atoms with Crippen LogP contribution in [-0.4, -0.2) is 67.3 Å². The molecule has 10 heteroatoms. The fourth-order valence-corrected chi connectivity index (χ4v) is 4.74. The number of aromatic nitrogens is 2. The molecule has 0 aliphatic carbocycles. The van der Waals surface area contributed by atoms with Crippen molar-refractivity contribution in [2.24, 2.45) is 7.05 Å². The lowest BCUT2D eigenvalue weighted by Crippen LogP contribution is -2.49. The second kappa shape index (κ2) is 8.93. The van der Waals surface area contributed by atoms with Crippen LogP contribution >= 0.6 is 0 Å². The fourth-order valence-electron chi connectivity index (χ4n) is 4.19. The molecule has 1 fully saturated rings.